The number of hydrogen-bond donors (Lipinski definition) is 5. The average molecular weight is 492 g/mol. The van der Waals surface area contributed by atoms with Gasteiger partial charge in [-0.05, 0) is 45.3 Å². The van der Waals surface area contributed by atoms with E-state index < -0.39 is 18.0 Å². The second-order valence-corrected chi connectivity index (χ2v) is 7.66. The third-order valence-corrected chi connectivity index (χ3v) is 4.84. The maximum Gasteiger partial charge on any atom is 0.408 e. The Morgan fingerprint density at radius 2 is 1.90 bits per heavy atom. The Labute approximate surface area is 187 Å². The number of ether oxygens (including phenoxy) is 1. The molecular formula is C21H22BrN3O6. The summed E-state index contributed by atoms with van der Waals surface area (Å²) < 4.78 is 5.87. The largest absolute Gasteiger partial charge is 0.504 e. The SMILES string of the molecule is O=C(N[C@@H](Cc1ccc(O)c(O)c1)C(=O)NCC1C=C(Br)NO1)OCc1ccccc1. The smallest absolute Gasteiger partial charge is 0.408 e. The average Bonchev–Trinajstić information content (AvgIpc) is 3.18. The Kier molecular flexibility index (Phi) is 7.74. The first-order valence-electron chi connectivity index (χ1n) is 9.45. The number of carbonyl (C=O) groups excluding carboxylic acids is 2. The summed E-state index contributed by atoms with van der Waals surface area (Å²) in [5, 5.41) is 24.5. The van der Waals surface area contributed by atoms with Crippen LogP contribution < -0.4 is 16.1 Å². The van der Waals surface area contributed by atoms with Gasteiger partial charge in [0.15, 0.2) is 11.5 Å². The highest BCUT2D eigenvalue weighted by molar-refractivity contribution is 9.11. The van der Waals surface area contributed by atoms with Crippen LogP contribution in [0.25, 0.3) is 0 Å². The number of hydrogen-bond acceptors (Lipinski definition) is 7. The normalized spacial score (nSPS) is 16.0. The van der Waals surface area contributed by atoms with Crippen molar-refractivity contribution in [3.05, 3.63) is 70.3 Å². The highest BCUT2D eigenvalue weighted by Crippen LogP contribution is 2.25. The van der Waals surface area contributed by atoms with Crippen LogP contribution in [-0.2, 0) is 27.4 Å². The van der Waals surface area contributed by atoms with Gasteiger partial charge >= 0.3 is 6.09 Å². The van der Waals surface area contributed by atoms with E-state index in [1.54, 1.807) is 12.1 Å². The Hall–Kier alpha value is -3.24. The number of nitrogens with one attached hydrogen (secondary N) is 3. The van der Waals surface area contributed by atoms with Crippen LogP contribution in [0.4, 0.5) is 4.79 Å². The molecule has 3 rings (SSSR count). The van der Waals surface area contributed by atoms with E-state index in [1.807, 2.05) is 30.3 Å². The van der Waals surface area contributed by atoms with Crippen molar-refractivity contribution < 1.29 is 29.4 Å². The summed E-state index contributed by atoms with van der Waals surface area (Å²) in [6.45, 7) is 0.237. The molecule has 0 bridgehead atoms. The Morgan fingerprint density at radius 1 is 1.13 bits per heavy atom. The highest BCUT2D eigenvalue weighted by atomic mass is 79.9. The Bertz CT molecular complexity index is 953. The van der Waals surface area contributed by atoms with Crippen molar-refractivity contribution >= 4 is 27.9 Å². The van der Waals surface area contributed by atoms with Crippen molar-refractivity contribution in [3.63, 3.8) is 0 Å². The van der Waals surface area contributed by atoms with E-state index in [0.29, 0.717) is 10.2 Å². The molecule has 2 aromatic carbocycles. The van der Waals surface area contributed by atoms with Gasteiger partial charge in [0.25, 0.3) is 0 Å². The first-order chi connectivity index (χ1) is 14.9. The molecule has 2 amide bonds. The number of benzene rings is 2. The molecule has 0 aromatic heterocycles. The number of halogens is 1. The Morgan fingerprint density at radius 3 is 2.58 bits per heavy atom. The van der Waals surface area contributed by atoms with E-state index in [-0.39, 0.29) is 37.2 Å². The second-order valence-electron chi connectivity index (χ2n) is 6.80. The number of hydroxylamine groups is 1. The maximum atomic E-state index is 12.7. The lowest BCUT2D eigenvalue weighted by molar-refractivity contribution is -0.123. The van der Waals surface area contributed by atoms with Crippen molar-refractivity contribution in [1.82, 2.24) is 16.1 Å². The van der Waals surface area contributed by atoms with Crippen LogP contribution in [0.3, 0.4) is 0 Å². The highest BCUT2D eigenvalue weighted by Gasteiger charge is 2.24. The summed E-state index contributed by atoms with van der Waals surface area (Å²) in [5.74, 6) is -1.05. The van der Waals surface area contributed by atoms with Crippen LogP contribution in [0.15, 0.2) is 59.2 Å². The molecular weight excluding hydrogens is 470 g/mol. The number of phenolic OH excluding ortho intramolecular Hbond substituents is 2. The van der Waals surface area contributed by atoms with Gasteiger partial charge in [0.2, 0.25) is 5.91 Å². The predicted octanol–water partition coefficient (Wildman–Crippen LogP) is 2.19. The number of carbonyl (C=O) groups is 2. The first-order valence-corrected chi connectivity index (χ1v) is 10.2. The molecule has 0 radical (unpaired) electrons. The molecule has 164 valence electrons. The summed E-state index contributed by atoms with van der Waals surface area (Å²) in [4.78, 5) is 30.3. The van der Waals surface area contributed by atoms with Crippen molar-refractivity contribution in [1.29, 1.82) is 0 Å². The van der Waals surface area contributed by atoms with Crippen LogP contribution in [0.2, 0.25) is 0 Å². The maximum absolute atomic E-state index is 12.7. The van der Waals surface area contributed by atoms with Crippen molar-refractivity contribution in [3.8, 4) is 11.5 Å². The zero-order chi connectivity index (χ0) is 22.2. The number of aromatic hydroxyl groups is 2. The fourth-order valence-electron chi connectivity index (χ4n) is 2.84. The van der Waals surface area contributed by atoms with Crippen LogP contribution in [0.1, 0.15) is 11.1 Å². The van der Waals surface area contributed by atoms with Gasteiger partial charge in [-0.3, -0.25) is 15.1 Å². The van der Waals surface area contributed by atoms with E-state index in [0.717, 1.165) is 5.56 Å². The molecule has 1 aliphatic heterocycles. The van der Waals surface area contributed by atoms with Gasteiger partial charge in [0, 0.05) is 6.42 Å². The van der Waals surface area contributed by atoms with E-state index in [1.165, 1.54) is 12.1 Å². The number of rotatable bonds is 8. The summed E-state index contributed by atoms with van der Waals surface area (Å²) in [5.41, 5.74) is 3.98. The number of amides is 2. The van der Waals surface area contributed by atoms with Crippen LogP contribution in [0, 0.1) is 0 Å². The van der Waals surface area contributed by atoms with Gasteiger partial charge in [-0.2, -0.15) is 0 Å². The lowest BCUT2D eigenvalue weighted by atomic mass is 10.0. The van der Waals surface area contributed by atoms with Gasteiger partial charge in [-0.15, -0.1) is 0 Å². The monoisotopic (exact) mass is 491 g/mol. The summed E-state index contributed by atoms with van der Waals surface area (Å²) in [6.07, 6.45) is 0.688. The number of phenols is 2. The molecule has 2 aromatic rings. The predicted molar refractivity (Wildman–Crippen MR) is 115 cm³/mol. The molecule has 0 fully saturated rings. The molecule has 0 spiro atoms. The number of alkyl carbamates (subject to hydrolysis) is 1. The molecule has 9 nitrogen and oxygen atoms in total. The molecule has 1 heterocycles. The minimum Gasteiger partial charge on any atom is -0.504 e. The van der Waals surface area contributed by atoms with Gasteiger partial charge in [-0.25, -0.2) is 4.79 Å². The molecule has 5 N–H and O–H groups in total. The lowest BCUT2D eigenvalue weighted by Gasteiger charge is -2.19. The summed E-state index contributed by atoms with van der Waals surface area (Å²) in [6, 6.07) is 12.4. The zero-order valence-corrected chi connectivity index (χ0v) is 18.0. The fraction of sp³-hybridized carbons (Fsp3) is 0.238. The third kappa shape index (κ3) is 6.90. The molecule has 31 heavy (non-hydrogen) atoms. The van der Waals surface area contributed by atoms with E-state index in [4.69, 9.17) is 9.57 Å². The van der Waals surface area contributed by atoms with Crippen molar-refractivity contribution in [2.45, 2.75) is 25.2 Å². The molecule has 1 unspecified atom stereocenters. The Balaban J connectivity index is 1.62. The van der Waals surface area contributed by atoms with E-state index in [2.05, 4.69) is 32.0 Å². The minimum absolute atomic E-state index is 0.0570. The van der Waals surface area contributed by atoms with Gasteiger partial charge < -0.3 is 25.6 Å². The lowest BCUT2D eigenvalue weighted by Crippen LogP contribution is -2.49. The quantitative estimate of drug-likeness (QED) is 0.282. The molecule has 2 atom stereocenters. The fourth-order valence-corrected chi connectivity index (χ4v) is 3.22. The van der Waals surface area contributed by atoms with Gasteiger partial charge in [0.1, 0.15) is 23.4 Å². The van der Waals surface area contributed by atoms with Crippen molar-refractivity contribution in [2.24, 2.45) is 0 Å². The van der Waals surface area contributed by atoms with Gasteiger partial charge in [0.05, 0.1) is 6.54 Å². The van der Waals surface area contributed by atoms with E-state index in [9.17, 15) is 19.8 Å². The second kappa shape index (κ2) is 10.7. The zero-order valence-electron chi connectivity index (χ0n) is 16.4. The van der Waals surface area contributed by atoms with Gasteiger partial charge in [-0.1, -0.05) is 36.4 Å². The minimum atomic E-state index is -0.978. The molecule has 0 saturated heterocycles. The van der Waals surface area contributed by atoms with Crippen LogP contribution >= 0.6 is 15.9 Å². The van der Waals surface area contributed by atoms with Crippen LogP contribution in [0.5, 0.6) is 11.5 Å². The first kappa shape index (κ1) is 22.4. The molecule has 1 aliphatic rings. The molecule has 0 aliphatic carbocycles. The molecule has 0 saturated carbocycles. The third-order valence-electron chi connectivity index (χ3n) is 4.42. The van der Waals surface area contributed by atoms with Crippen molar-refractivity contribution in [2.75, 3.05) is 6.54 Å². The summed E-state index contributed by atoms with van der Waals surface area (Å²) in [7, 11) is 0. The van der Waals surface area contributed by atoms with E-state index >= 15 is 0 Å². The standard InChI is InChI=1S/C21H22BrN3O6/c22-19-10-15(31-25-19)11-23-20(28)16(8-14-6-7-17(26)18(27)9-14)24-21(29)30-12-13-4-2-1-3-5-13/h1-7,9-10,15-16,25-27H,8,11-12H2,(H,23,28)(H,24,29)/t15?,16-/m0/s1. The summed E-state index contributed by atoms with van der Waals surface area (Å²) >= 11 is 3.24. The van der Waals surface area contributed by atoms with Crippen LogP contribution in [-0.4, -0.2) is 40.9 Å². The topological polar surface area (TPSA) is 129 Å². The molecule has 10 heteroatoms.